The molecule has 1 atom stereocenters. The standard InChI is InChI=1S/C15H24FNO2/c1-4-12(5-2)14(18)10-17-9-11-6-7-15(19-3)13(16)8-11/h6-8,12,14,17-18H,4-5,9-10H2,1-3H3. The molecule has 108 valence electrons. The molecular weight excluding hydrogens is 245 g/mol. The van der Waals surface area contributed by atoms with Crippen LogP contribution in [0.1, 0.15) is 32.3 Å². The molecule has 3 nitrogen and oxygen atoms in total. The van der Waals surface area contributed by atoms with Crippen LogP contribution in [0.2, 0.25) is 0 Å². The average Bonchev–Trinajstić information content (AvgIpc) is 2.40. The summed E-state index contributed by atoms with van der Waals surface area (Å²) >= 11 is 0. The second-order valence-electron chi connectivity index (χ2n) is 4.74. The Hall–Kier alpha value is -1.13. The molecule has 0 saturated carbocycles. The maximum atomic E-state index is 13.5. The van der Waals surface area contributed by atoms with Crippen molar-refractivity contribution in [3.8, 4) is 5.75 Å². The van der Waals surface area contributed by atoms with Gasteiger partial charge in [-0.15, -0.1) is 0 Å². The summed E-state index contributed by atoms with van der Waals surface area (Å²) in [6.45, 7) is 5.23. The van der Waals surface area contributed by atoms with E-state index in [9.17, 15) is 9.50 Å². The van der Waals surface area contributed by atoms with Crippen LogP contribution >= 0.6 is 0 Å². The van der Waals surface area contributed by atoms with E-state index in [0.29, 0.717) is 19.0 Å². The molecule has 0 fully saturated rings. The van der Waals surface area contributed by atoms with Crippen LogP contribution in [-0.2, 0) is 6.54 Å². The second kappa shape index (κ2) is 8.12. The molecule has 0 amide bonds. The van der Waals surface area contributed by atoms with Crippen LogP contribution in [0.4, 0.5) is 4.39 Å². The first-order valence-electron chi connectivity index (χ1n) is 6.83. The Morgan fingerprint density at radius 3 is 2.53 bits per heavy atom. The molecule has 1 unspecified atom stereocenters. The molecule has 1 aromatic carbocycles. The van der Waals surface area contributed by atoms with Gasteiger partial charge < -0.3 is 15.2 Å². The van der Waals surface area contributed by atoms with Gasteiger partial charge >= 0.3 is 0 Å². The van der Waals surface area contributed by atoms with Gasteiger partial charge in [-0.25, -0.2) is 4.39 Å². The number of aliphatic hydroxyl groups is 1. The van der Waals surface area contributed by atoms with Crippen molar-refractivity contribution in [1.82, 2.24) is 5.32 Å². The molecule has 0 aliphatic rings. The van der Waals surface area contributed by atoms with Crippen LogP contribution in [0.3, 0.4) is 0 Å². The Balaban J connectivity index is 2.43. The van der Waals surface area contributed by atoms with Gasteiger partial charge in [-0.1, -0.05) is 32.8 Å². The van der Waals surface area contributed by atoms with Gasteiger partial charge in [0.25, 0.3) is 0 Å². The quantitative estimate of drug-likeness (QED) is 0.762. The molecular formula is C15H24FNO2. The van der Waals surface area contributed by atoms with Crippen molar-refractivity contribution >= 4 is 0 Å². The number of hydrogen-bond donors (Lipinski definition) is 2. The third kappa shape index (κ3) is 4.80. The molecule has 0 aliphatic heterocycles. The fraction of sp³-hybridized carbons (Fsp3) is 0.600. The molecule has 0 heterocycles. The van der Waals surface area contributed by atoms with Crippen LogP contribution in [0.5, 0.6) is 5.75 Å². The van der Waals surface area contributed by atoms with Gasteiger partial charge in [0, 0.05) is 13.1 Å². The molecule has 1 aromatic rings. The van der Waals surface area contributed by atoms with Crippen LogP contribution in [0, 0.1) is 11.7 Å². The van der Waals surface area contributed by atoms with Crippen molar-refractivity contribution in [3.05, 3.63) is 29.6 Å². The number of halogens is 1. The van der Waals surface area contributed by atoms with E-state index in [4.69, 9.17) is 4.74 Å². The van der Waals surface area contributed by atoms with E-state index in [1.54, 1.807) is 6.07 Å². The van der Waals surface area contributed by atoms with E-state index < -0.39 is 0 Å². The van der Waals surface area contributed by atoms with E-state index in [1.165, 1.54) is 13.2 Å². The lowest BCUT2D eigenvalue weighted by atomic mass is 9.96. The smallest absolute Gasteiger partial charge is 0.165 e. The summed E-state index contributed by atoms with van der Waals surface area (Å²) in [5.74, 6) is 0.211. The number of benzene rings is 1. The summed E-state index contributed by atoms with van der Waals surface area (Å²) in [4.78, 5) is 0. The highest BCUT2D eigenvalue weighted by atomic mass is 19.1. The molecule has 1 rings (SSSR count). The fourth-order valence-corrected chi connectivity index (χ4v) is 2.18. The van der Waals surface area contributed by atoms with Crippen molar-refractivity contribution in [2.45, 2.75) is 39.3 Å². The first-order valence-corrected chi connectivity index (χ1v) is 6.83. The van der Waals surface area contributed by atoms with Gasteiger partial charge in [0.2, 0.25) is 0 Å². The molecule has 0 bridgehead atoms. The lowest BCUT2D eigenvalue weighted by molar-refractivity contribution is 0.101. The maximum absolute atomic E-state index is 13.5. The minimum atomic E-state index is -0.359. The molecule has 0 saturated heterocycles. The summed E-state index contributed by atoms with van der Waals surface area (Å²) < 4.78 is 18.3. The lowest BCUT2D eigenvalue weighted by Gasteiger charge is -2.20. The van der Waals surface area contributed by atoms with Crippen molar-refractivity contribution < 1.29 is 14.2 Å². The van der Waals surface area contributed by atoms with Crippen molar-refractivity contribution in [1.29, 1.82) is 0 Å². The molecule has 19 heavy (non-hydrogen) atoms. The van der Waals surface area contributed by atoms with Crippen molar-refractivity contribution in [2.75, 3.05) is 13.7 Å². The minimum absolute atomic E-state index is 0.251. The van der Waals surface area contributed by atoms with Crippen LogP contribution in [0.25, 0.3) is 0 Å². The number of aliphatic hydroxyl groups excluding tert-OH is 1. The van der Waals surface area contributed by atoms with E-state index in [1.807, 2.05) is 6.07 Å². The SMILES string of the molecule is CCC(CC)C(O)CNCc1ccc(OC)c(F)c1. The third-order valence-corrected chi connectivity index (χ3v) is 3.49. The number of nitrogens with one attached hydrogen (secondary N) is 1. The number of ether oxygens (including phenoxy) is 1. The van der Waals surface area contributed by atoms with Gasteiger partial charge in [-0.2, -0.15) is 0 Å². The number of methoxy groups -OCH3 is 1. The zero-order valence-corrected chi connectivity index (χ0v) is 11.9. The average molecular weight is 269 g/mol. The van der Waals surface area contributed by atoms with E-state index >= 15 is 0 Å². The number of rotatable bonds is 8. The third-order valence-electron chi connectivity index (χ3n) is 3.49. The van der Waals surface area contributed by atoms with Gasteiger partial charge in [-0.3, -0.25) is 0 Å². The number of hydrogen-bond acceptors (Lipinski definition) is 3. The Morgan fingerprint density at radius 2 is 2.00 bits per heavy atom. The molecule has 0 aliphatic carbocycles. The van der Waals surface area contributed by atoms with Crippen molar-refractivity contribution in [3.63, 3.8) is 0 Å². The first-order chi connectivity index (χ1) is 9.12. The minimum Gasteiger partial charge on any atom is -0.494 e. The van der Waals surface area contributed by atoms with Crippen LogP contribution in [0.15, 0.2) is 18.2 Å². The monoisotopic (exact) mass is 269 g/mol. The zero-order chi connectivity index (χ0) is 14.3. The first kappa shape index (κ1) is 15.9. The predicted molar refractivity (Wildman–Crippen MR) is 74.7 cm³/mol. The van der Waals surface area contributed by atoms with Gasteiger partial charge in [0.05, 0.1) is 13.2 Å². The Labute approximate surface area is 114 Å². The van der Waals surface area contributed by atoms with Crippen LogP contribution in [-0.4, -0.2) is 24.9 Å². The molecule has 0 radical (unpaired) electrons. The highest BCUT2D eigenvalue weighted by molar-refractivity contribution is 5.29. The summed E-state index contributed by atoms with van der Waals surface area (Å²) in [6.07, 6.45) is 1.59. The molecule has 2 N–H and O–H groups in total. The van der Waals surface area contributed by atoms with E-state index in [-0.39, 0.29) is 17.7 Å². The zero-order valence-electron chi connectivity index (χ0n) is 11.9. The summed E-state index contributed by atoms with van der Waals surface area (Å²) in [6, 6.07) is 4.89. The maximum Gasteiger partial charge on any atom is 0.165 e. The van der Waals surface area contributed by atoms with E-state index in [0.717, 1.165) is 18.4 Å². The normalized spacial score (nSPS) is 12.7. The second-order valence-corrected chi connectivity index (χ2v) is 4.74. The molecule has 4 heteroatoms. The highest BCUT2D eigenvalue weighted by Crippen LogP contribution is 2.17. The van der Waals surface area contributed by atoms with Gasteiger partial charge in [0.1, 0.15) is 0 Å². The lowest BCUT2D eigenvalue weighted by Crippen LogP contribution is -2.32. The summed E-state index contributed by atoms with van der Waals surface area (Å²) in [7, 11) is 1.45. The largest absolute Gasteiger partial charge is 0.494 e. The Bertz CT molecular complexity index is 380. The van der Waals surface area contributed by atoms with Gasteiger partial charge in [-0.05, 0) is 23.6 Å². The molecule has 0 spiro atoms. The predicted octanol–water partition coefficient (Wildman–Crippen LogP) is 2.72. The van der Waals surface area contributed by atoms with Crippen molar-refractivity contribution in [2.24, 2.45) is 5.92 Å². The van der Waals surface area contributed by atoms with Gasteiger partial charge in [0.15, 0.2) is 11.6 Å². The van der Waals surface area contributed by atoms with Crippen LogP contribution < -0.4 is 10.1 Å². The topological polar surface area (TPSA) is 41.5 Å². The Kier molecular flexibility index (Phi) is 6.81. The molecule has 0 aromatic heterocycles. The summed E-state index contributed by atoms with van der Waals surface area (Å²) in [5, 5.41) is 13.1. The summed E-state index contributed by atoms with van der Waals surface area (Å²) in [5.41, 5.74) is 0.843. The fourth-order valence-electron chi connectivity index (χ4n) is 2.18. The Morgan fingerprint density at radius 1 is 1.32 bits per heavy atom. The van der Waals surface area contributed by atoms with E-state index in [2.05, 4.69) is 19.2 Å². The highest BCUT2D eigenvalue weighted by Gasteiger charge is 2.14.